The Labute approximate surface area is 140 Å². The fraction of sp³-hybridized carbons (Fsp3) is 0.500. The van der Waals surface area contributed by atoms with E-state index in [1.165, 1.54) is 0 Å². The second-order valence-electron chi connectivity index (χ2n) is 5.92. The lowest BCUT2D eigenvalue weighted by molar-refractivity contribution is -0.0226. The summed E-state index contributed by atoms with van der Waals surface area (Å²) in [5.41, 5.74) is 1.94. The number of nitrogens with zero attached hydrogens (tertiary/aromatic N) is 3. The van der Waals surface area contributed by atoms with Crippen LogP contribution in [0.25, 0.3) is 5.65 Å². The molecule has 1 fully saturated rings. The van der Waals surface area contributed by atoms with Gasteiger partial charge >= 0.3 is 0 Å². The molecule has 2 aromatic heterocycles. The Balaban J connectivity index is 1.64. The van der Waals surface area contributed by atoms with E-state index < -0.39 is 0 Å². The Morgan fingerprint density at radius 1 is 1.52 bits per heavy atom. The van der Waals surface area contributed by atoms with Crippen LogP contribution < -0.4 is 5.32 Å². The molecule has 0 spiro atoms. The molecule has 23 heavy (non-hydrogen) atoms. The number of amides is 1. The SMILES string of the molecule is Cc1nc2ccc(Cl)cn2c1C(=O)NCC[C@@H]1CN(C)CCO1. The molecule has 124 valence electrons. The number of carbonyl (C=O) groups excluding carboxylic acids is 1. The molecule has 1 atom stereocenters. The Bertz CT molecular complexity index is 715. The van der Waals surface area contributed by atoms with Crippen molar-refractivity contribution in [1.29, 1.82) is 0 Å². The molecule has 1 N–H and O–H groups in total. The van der Waals surface area contributed by atoms with Crippen LogP contribution in [0.15, 0.2) is 18.3 Å². The maximum atomic E-state index is 12.5. The van der Waals surface area contributed by atoms with Gasteiger partial charge in [-0.3, -0.25) is 9.20 Å². The molecule has 6 nitrogen and oxygen atoms in total. The maximum Gasteiger partial charge on any atom is 0.270 e. The van der Waals surface area contributed by atoms with Crippen molar-refractivity contribution < 1.29 is 9.53 Å². The van der Waals surface area contributed by atoms with Crippen LogP contribution in [0.1, 0.15) is 22.6 Å². The smallest absolute Gasteiger partial charge is 0.270 e. The fourth-order valence-corrected chi connectivity index (χ4v) is 3.04. The lowest BCUT2D eigenvalue weighted by Crippen LogP contribution is -2.41. The van der Waals surface area contributed by atoms with Crippen LogP contribution in [0.3, 0.4) is 0 Å². The van der Waals surface area contributed by atoms with E-state index in [1.54, 1.807) is 22.7 Å². The number of halogens is 1. The van der Waals surface area contributed by atoms with Gasteiger partial charge in [-0.15, -0.1) is 0 Å². The van der Waals surface area contributed by atoms with E-state index in [1.807, 2.05) is 6.92 Å². The van der Waals surface area contributed by atoms with Crippen molar-refractivity contribution in [3.05, 3.63) is 34.7 Å². The predicted molar refractivity (Wildman–Crippen MR) is 89.1 cm³/mol. The van der Waals surface area contributed by atoms with E-state index in [9.17, 15) is 4.79 Å². The van der Waals surface area contributed by atoms with Gasteiger partial charge in [0, 0.05) is 25.8 Å². The lowest BCUT2D eigenvalue weighted by Gasteiger charge is -2.30. The quantitative estimate of drug-likeness (QED) is 0.924. The minimum atomic E-state index is -0.138. The van der Waals surface area contributed by atoms with Crippen molar-refractivity contribution in [2.45, 2.75) is 19.4 Å². The highest BCUT2D eigenvalue weighted by Gasteiger charge is 2.19. The van der Waals surface area contributed by atoms with Gasteiger partial charge in [0.2, 0.25) is 0 Å². The first-order chi connectivity index (χ1) is 11.0. The second kappa shape index (κ2) is 6.86. The van der Waals surface area contributed by atoms with Gasteiger partial charge < -0.3 is 15.0 Å². The fourth-order valence-electron chi connectivity index (χ4n) is 2.88. The number of rotatable bonds is 4. The van der Waals surface area contributed by atoms with Crippen LogP contribution in [0.2, 0.25) is 5.02 Å². The molecule has 2 aromatic rings. The molecule has 0 unspecified atom stereocenters. The standard InChI is InChI=1S/C16H21ClN4O2/c1-11-15(21-9-12(17)3-4-14(21)19-11)16(22)18-6-5-13-10-20(2)7-8-23-13/h3-4,9,13H,5-8,10H2,1-2H3,(H,18,22)/t13-/m1/s1. The average molecular weight is 337 g/mol. The highest BCUT2D eigenvalue weighted by atomic mass is 35.5. The first kappa shape index (κ1) is 16.2. The summed E-state index contributed by atoms with van der Waals surface area (Å²) in [5, 5.41) is 3.53. The third-order valence-corrected chi connectivity index (χ3v) is 4.29. The zero-order valence-electron chi connectivity index (χ0n) is 13.4. The van der Waals surface area contributed by atoms with Gasteiger partial charge in [0.05, 0.1) is 23.4 Å². The van der Waals surface area contributed by atoms with E-state index in [4.69, 9.17) is 16.3 Å². The molecule has 0 aromatic carbocycles. The lowest BCUT2D eigenvalue weighted by atomic mass is 10.2. The predicted octanol–water partition coefficient (Wildman–Crippen LogP) is 1.75. The van der Waals surface area contributed by atoms with Crippen molar-refractivity contribution >= 4 is 23.2 Å². The molecule has 1 saturated heterocycles. The summed E-state index contributed by atoms with van der Waals surface area (Å²) in [4.78, 5) is 19.1. The molecule has 0 bridgehead atoms. The van der Waals surface area contributed by atoms with E-state index >= 15 is 0 Å². The molecule has 1 aliphatic heterocycles. The third-order valence-electron chi connectivity index (χ3n) is 4.07. The Hall–Kier alpha value is -1.63. The number of likely N-dealkylation sites (N-methyl/N-ethyl adjacent to an activating group) is 1. The summed E-state index contributed by atoms with van der Waals surface area (Å²) in [6, 6.07) is 3.57. The number of ether oxygens (including phenoxy) is 1. The molecule has 7 heteroatoms. The van der Waals surface area contributed by atoms with Crippen molar-refractivity contribution in [3.8, 4) is 0 Å². The molecular formula is C16H21ClN4O2. The number of imidazole rings is 1. The Morgan fingerprint density at radius 2 is 2.35 bits per heavy atom. The average Bonchev–Trinajstić information content (AvgIpc) is 2.82. The van der Waals surface area contributed by atoms with Gasteiger partial charge in [-0.2, -0.15) is 0 Å². The van der Waals surface area contributed by atoms with Crippen LogP contribution in [0.5, 0.6) is 0 Å². The van der Waals surface area contributed by atoms with E-state index in [2.05, 4.69) is 22.2 Å². The first-order valence-corrected chi connectivity index (χ1v) is 8.15. The zero-order chi connectivity index (χ0) is 16.4. The number of morpholine rings is 1. The van der Waals surface area contributed by atoms with Crippen LogP contribution in [-0.4, -0.2) is 59.6 Å². The molecule has 0 saturated carbocycles. The summed E-state index contributed by atoms with van der Waals surface area (Å²) in [5.74, 6) is -0.138. The van der Waals surface area contributed by atoms with E-state index in [0.717, 1.165) is 26.1 Å². The van der Waals surface area contributed by atoms with Gasteiger partial charge in [0.1, 0.15) is 11.3 Å². The summed E-state index contributed by atoms with van der Waals surface area (Å²) < 4.78 is 7.44. The van der Waals surface area contributed by atoms with Crippen LogP contribution >= 0.6 is 11.6 Å². The van der Waals surface area contributed by atoms with E-state index in [-0.39, 0.29) is 12.0 Å². The Morgan fingerprint density at radius 3 is 3.13 bits per heavy atom. The highest BCUT2D eigenvalue weighted by Crippen LogP contribution is 2.16. The summed E-state index contributed by atoms with van der Waals surface area (Å²) in [7, 11) is 2.08. The number of carbonyl (C=O) groups is 1. The van der Waals surface area contributed by atoms with Gasteiger partial charge in [-0.1, -0.05) is 11.6 Å². The van der Waals surface area contributed by atoms with Crippen molar-refractivity contribution in [1.82, 2.24) is 19.6 Å². The number of hydrogen-bond donors (Lipinski definition) is 1. The molecule has 3 rings (SSSR count). The van der Waals surface area contributed by atoms with Crippen LogP contribution in [0, 0.1) is 6.92 Å². The molecule has 1 amide bonds. The highest BCUT2D eigenvalue weighted by molar-refractivity contribution is 6.30. The zero-order valence-corrected chi connectivity index (χ0v) is 14.1. The molecule has 3 heterocycles. The molecule has 1 aliphatic rings. The third kappa shape index (κ3) is 3.65. The number of aromatic nitrogens is 2. The number of hydrogen-bond acceptors (Lipinski definition) is 4. The number of aryl methyl sites for hydroxylation is 1. The van der Waals surface area contributed by atoms with Crippen molar-refractivity contribution in [3.63, 3.8) is 0 Å². The van der Waals surface area contributed by atoms with Gasteiger partial charge in [0.15, 0.2) is 0 Å². The van der Waals surface area contributed by atoms with Gasteiger partial charge in [0.25, 0.3) is 5.91 Å². The minimum absolute atomic E-state index is 0.138. The first-order valence-electron chi connectivity index (χ1n) is 7.77. The van der Waals surface area contributed by atoms with E-state index in [0.29, 0.717) is 28.6 Å². The maximum absolute atomic E-state index is 12.5. The van der Waals surface area contributed by atoms with Gasteiger partial charge in [-0.25, -0.2) is 4.98 Å². The number of pyridine rings is 1. The second-order valence-corrected chi connectivity index (χ2v) is 6.36. The number of nitrogens with one attached hydrogen (secondary N) is 1. The summed E-state index contributed by atoms with van der Waals surface area (Å²) in [6.07, 6.45) is 2.68. The number of fused-ring (bicyclic) bond motifs is 1. The monoisotopic (exact) mass is 336 g/mol. The topological polar surface area (TPSA) is 58.9 Å². The minimum Gasteiger partial charge on any atom is -0.375 e. The van der Waals surface area contributed by atoms with Crippen molar-refractivity contribution in [2.24, 2.45) is 0 Å². The van der Waals surface area contributed by atoms with Gasteiger partial charge in [-0.05, 0) is 32.5 Å². The summed E-state index contributed by atoms with van der Waals surface area (Å²) in [6.45, 7) is 5.02. The molecule has 0 aliphatic carbocycles. The normalized spacial score (nSPS) is 19.2. The van der Waals surface area contributed by atoms with Crippen LogP contribution in [0.4, 0.5) is 0 Å². The van der Waals surface area contributed by atoms with Crippen molar-refractivity contribution in [2.75, 3.05) is 33.3 Å². The molecular weight excluding hydrogens is 316 g/mol. The van der Waals surface area contributed by atoms with Crippen LogP contribution in [-0.2, 0) is 4.74 Å². The molecule has 0 radical (unpaired) electrons. The largest absolute Gasteiger partial charge is 0.375 e. The Kier molecular flexibility index (Phi) is 4.84. The summed E-state index contributed by atoms with van der Waals surface area (Å²) >= 11 is 6.02.